The summed E-state index contributed by atoms with van der Waals surface area (Å²) in [5.74, 6) is -2.84. The molecule has 1 aliphatic rings. The molecule has 0 aromatic heterocycles. The first kappa shape index (κ1) is 16.3. The van der Waals surface area contributed by atoms with Gasteiger partial charge in [-0.15, -0.1) is 0 Å². The van der Waals surface area contributed by atoms with Crippen LogP contribution in [0.3, 0.4) is 0 Å². The van der Waals surface area contributed by atoms with Crippen molar-refractivity contribution in [3.63, 3.8) is 0 Å². The minimum atomic E-state index is -3.38. The van der Waals surface area contributed by atoms with E-state index in [2.05, 4.69) is 5.32 Å². The van der Waals surface area contributed by atoms with E-state index in [0.29, 0.717) is 4.90 Å². The minimum absolute atomic E-state index is 0.312. The Bertz CT molecular complexity index is 750. The SMILES string of the molecule is CC1(c2cc(F)ccc2F)NC(=O)N(CCS(C)(=O)=O)C1=O. The Morgan fingerprint density at radius 2 is 1.91 bits per heavy atom. The largest absolute Gasteiger partial charge is 0.325 e. The molecule has 0 bridgehead atoms. The van der Waals surface area contributed by atoms with E-state index >= 15 is 0 Å². The first-order valence-corrected chi connectivity index (χ1v) is 8.38. The first-order valence-electron chi connectivity index (χ1n) is 6.32. The zero-order valence-corrected chi connectivity index (χ0v) is 12.7. The molecule has 1 fully saturated rings. The molecule has 9 heteroatoms. The van der Waals surface area contributed by atoms with Crippen LogP contribution >= 0.6 is 0 Å². The van der Waals surface area contributed by atoms with Crippen molar-refractivity contribution >= 4 is 21.8 Å². The van der Waals surface area contributed by atoms with Gasteiger partial charge >= 0.3 is 6.03 Å². The van der Waals surface area contributed by atoms with Crippen molar-refractivity contribution in [2.45, 2.75) is 12.5 Å². The lowest BCUT2D eigenvalue weighted by molar-refractivity contribution is -0.131. The zero-order chi connectivity index (χ0) is 16.7. The monoisotopic (exact) mass is 332 g/mol. The number of carbonyl (C=O) groups is 2. The van der Waals surface area contributed by atoms with E-state index in [1.807, 2.05) is 0 Å². The third kappa shape index (κ3) is 2.94. The highest BCUT2D eigenvalue weighted by Gasteiger charge is 2.50. The van der Waals surface area contributed by atoms with E-state index in [-0.39, 0.29) is 12.1 Å². The molecule has 1 aliphatic heterocycles. The maximum absolute atomic E-state index is 13.9. The number of urea groups is 1. The van der Waals surface area contributed by atoms with Gasteiger partial charge in [0.25, 0.3) is 5.91 Å². The highest BCUT2D eigenvalue weighted by Crippen LogP contribution is 2.31. The number of carbonyl (C=O) groups excluding carboxylic acids is 2. The van der Waals surface area contributed by atoms with Crippen LogP contribution in [0, 0.1) is 11.6 Å². The van der Waals surface area contributed by atoms with Crippen molar-refractivity contribution in [1.29, 1.82) is 0 Å². The standard InChI is InChI=1S/C13H14F2N2O4S/c1-13(9-7-8(14)3-4-10(9)15)11(18)17(12(19)16-13)5-6-22(2,20)21/h3-4,7H,5-6H2,1-2H3,(H,16,19). The Kier molecular flexibility index (Phi) is 3.94. The fourth-order valence-corrected chi connectivity index (χ4v) is 2.73. The molecule has 22 heavy (non-hydrogen) atoms. The molecule has 0 saturated carbocycles. The summed E-state index contributed by atoms with van der Waals surface area (Å²) in [6.45, 7) is 0.890. The summed E-state index contributed by atoms with van der Waals surface area (Å²) >= 11 is 0. The molecule has 0 aliphatic carbocycles. The van der Waals surface area contributed by atoms with Gasteiger partial charge in [-0.2, -0.15) is 0 Å². The van der Waals surface area contributed by atoms with Crippen LogP contribution in [-0.2, 0) is 20.2 Å². The molecule has 1 aromatic rings. The summed E-state index contributed by atoms with van der Waals surface area (Å²) in [5, 5.41) is 2.29. The fourth-order valence-electron chi connectivity index (χ4n) is 2.22. The predicted octanol–water partition coefficient (Wildman–Crippen LogP) is 0.776. The Hall–Kier alpha value is -2.03. The maximum atomic E-state index is 13.9. The molecule has 6 nitrogen and oxygen atoms in total. The molecule has 120 valence electrons. The molecule has 1 aromatic carbocycles. The summed E-state index contributed by atoms with van der Waals surface area (Å²) in [6, 6.07) is 1.73. The quantitative estimate of drug-likeness (QED) is 0.826. The molecule has 0 spiro atoms. The molecule has 1 heterocycles. The summed E-state index contributed by atoms with van der Waals surface area (Å²) in [6.07, 6.45) is 0.969. The zero-order valence-electron chi connectivity index (χ0n) is 11.9. The van der Waals surface area contributed by atoms with Gasteiger partial charge in [0.15, 0.2) is 0 Å². The first-order chi connectivity index (χ1) is 10.0. The van der Waals surface area contributed by atoms with Crippen molar-refractivity contribution in [3.8, 4) is 0 Å². The number of imide groups is 1. The summed E-state index contributed by atoms with van der Waals surface area (Å²) in [5.41, 5.74) is -2.09. The number of sulfone groups is 1. The summed E-state index contributed by atoms with van der Waals surface area (Å²) in [4.78, 5) is 24.9. The number of amides is 3. The molecule has 0 radical (unpaired) electrons. The van der Waals surface area contributed by atoms with E-state index in [4.69, 9.17) is 0 Å². The van der Waals surface area contributed by atoms with Crippen LogP contribution in [0.25, 0.3) is 0 Å². The molecule has 1 saturated heterocycles. The number of rotatable bonds is 4. The predicted molar refractivity (Wildman–Crippen MR) is 73.7 cm³/mol. The van der Waals surface area contributed by atoms with E-state index < -0.39 is 44.7 Å². The highest BCUT2D eigenvalue weighted by atomic mass is 32.2. The number of nitrogens with zero attached hydrogens (tertiary/aromatic N) is 1. The lowest BCUT2D eigenvalue weighted by atomic mass is 9.91. The van der Waals surface area contributed by atoms with Gasteiger partial charge in [-0.05, 0) is 25.1 Å². The lowest BCUT2D eigenvalue weighted by Gasteiger charge is -2.22. The number of hydrogen-bond acceptors (Lipinski definition) is 4. The van der Waals surface area contributed by atoms with Gasteiger partial charge in [-0.1, -0.05) is 0 Å². The molecular weight excluding hydrogens is 318 g/mol. The summed E-state index contributed by atoms with van der Waals surface area (Å²) < 4.78 is 49.5. The normalized spacial score (nSPS) is 22.1. The van der Waals surface area contributed by atoms with Crippen molar-refractivity contribution in [2.75, 3.05) is 18.6 Å². The second kappa shape index (κ2) is 5.31. The third-order valence-corrected chi connectivity index (χ3v) is 4.35. The molecule has 1 unspecified atom stereocenters. The second-order valence-corrected chi connectivity index (χ2v) is 7.53. The van der Waals surface area contributed by atoms with Gasteiger partial charge in [0.1, 0.15) is 27.0 Å². The van der Waals surface area contributed by atoms with Gasteiger partial charge in [0.2, 0.25) is 0 Å². The van der Waals surface area contributed by atoms with Crippen LogP contribution in [0.1, 0.15) is 12.5 Å². The van der Waals surface area contributed by atoms with E-state index in [9.17, 15) is 26.8 Å². The van der Waals surface area contributed by atoms with Gasteiger partial charge in [-0.25, -0.2) is 22.0 Å². The van der Waals surface area contributed by atoms with E-state index in [1.165, 1.54) is 6.92 Å². The smallest absolute Gasteiger partial charge is 0.319 e. The van der Waals surface area contributed by atoms with Crippen LogP contribution < -0.4 is 5.32 Å². The average Bonchev–Trinajstić information content (AvgIpc) is 2.61. The summed E-state index contributed by atoms with van der Waals surface area (Å²) in [7, 11) is -3.38. The van der Waals surface area contributed by atoms with Crippen molar-refractivity contribution in [2.24, 2.45) is 0 Å². The molecule has 2 rings (SSSR count). The van der Waals surface area contributed by atoms with Crippen LogP contribution in [0.4, 0.5) is 13.6 Å². The van der Waals surface area contributed by atoms with Crippen LogP contribution in [0.15, 0.2) is 18.2 Å². The Balaban J connectivity index is 2.35. The van der Waals surface area contributed by atoms with Crippen LogP contribution in [0.2, 0.25) is 0 Å². The van der Waals surface area contributed by atoms with Gasteiger partial charge < -0.3 is 5.32 Å². The lowest BCUT2D eigenvalue weighted by Crippen LogP contribution is -2.42. The molecule has 1 N–H and O–H groups in total. The number of hydrogen-bond donors (Lipinski definition) is 1. The number of nitrogens with one attached hydrogen (secondary N) is 1. The van der Waals surface area contributed by atoms with Crippen molar-refractivity contribution in [3.05, 3.63) is 35.4 Å². The number of halogens is 2. The van der Waals surface area contributed by atoms with Gasteiger partial charge in [-0.3, -0.25) is 9.69 Å². The topological polar surface area (TPSA) is 83.6 Å². The Morgan fingerprint density at radius 1 is 1.27 bits per heavy atom. The maximum Gasteiger partial charge on any atom is 0.325 e. The van der Waals surface area contributed by atoms with Gasteiger partial charge in [0, 0.05) is 18.4 Å². The molecule has 1 atom stereocenters. The number of benzene rings is 1. The Labute approximate surface area is 126 Å². The van der Waals surface area contributed by atoms with Crippen molar-refractivity contribution in [1.82, 2.24) is 10.2 Å². The van der Waals surface area contributed by atoms with Gasteiger partial charge in [0.05, 0.1) is 5.75 Å². The third-order valence-electron chi connectivity index (χ3n) is 3.43. The molecular formula is C13H14F2N2O4S. The minimum Gasteiger partial charge on any atom is -0.319 e. The average molecular weight is 332 g/mol. The van der Waals surface area contributed by atoms with Crippen LogP contribution in [0.5, 0.6) is 0 Å². The van der Waals surface area contributed by atoms with E-state index in [0.717, 1.165) is 24.5 Å². The van der Waals surface area contributed by atoms with Crippen molar-refractivity contribution < 1.29 is 26.8 Å². The Morgan fingerprint density at radius 3 is 2.50 bits per heavy atom. The fraction of sp³-hybridized carbons (Fsp3) is 0.385. The van der Waals surface area contributed by atoms with E-state index in [1.54, 1.807) is 0 Å². The van der Waals surface area contributed by atoms with Crippen LogP contribution in [-0.4, -0.2) is 43.8 Å². The molecule has 3 amide bonds. The second-order valence-electron chi connectivity index (χ2n) is 5.27. The highest BCUT2D eigenvalue weighted by molar-refractivity contribution is 7.90.